The van der Waals surface area contributed by atoms with Crippen molar-refractivity contribution in [2.75, 3.05) is 19.8 Å². The van der Waals surface area contributed by atoms with Crippen LogP contribution in [0.4, 0.5) is 0 Å². The zero-order valence-electron chi connectivity index (χ0n) is 20.6. The van der Waals surface area contributed by atoms with E-state index in [1.165, 1.54) is 6.08 Å². The van der Waals surface area contributed by atoms with Crippen molar-refractivity contribution in [1.29, 1.82) is 0 Å². The van der Waals surface area contributed by atoms with E-state index in [1.54, 1.807) is 0 Å². The van der Waals surface area contributed by atoms with E-state index in [4.69, 9.17) is 25.1 Å². The van der Waals surface area contributed by atoms with Crippen LogP contribution in [0, 0.1) is 0 Å². The van der Waals surface area contributed by atoms with Crippen LogP contribution in [0.5, 0.6) is 0 Å². The van der Waals surface area contributed by atoms with Crippen LogP contribution in [0.2, 0.25) is 8.87 Å². The molecule has 3 aliphatic heterocycles. The third-order valence-electron chi connectivity index (χ3n) is 6.81. The second-order valence-electron chi connectivity index (χ2n) is 9.43. The summed E-state index contributed by atoms with van der Waals surface area (Å²) >= 11 is -3.53. The van der Waals surface area contributed by atoms with Crippen LogP contribution < -0.4 is 0 Å². The third-order valence-corrected chi connectivity index (χ3v) is 17.2. The van der Waals surface area contributed by atoms with Gasteiger partial charge in [0.15, 0.2) is 0 Å². The standard InChI is InChI=1S/C15H24O11.2C4H9.Sn/c1-2-3-23-14-12(22)10(20)13(7(5-17)25-14)26-15-11(21)9(19)8(18)6(4-16)24-15;2*1-3-4-2;/h2,6-17,20-22H,1,3-5H2;2*1,3-4H2,2H3;/q-2;;;+2/t6-,7-,8+,9+,10-,11-,12-,13-,14-,15+;;;/m1.../s1. The van der Waals surface area contributed by atoms with Crippen LogP contribution in [0.25, 0.3) is 0 Å². The summed E-state index contributed by atoms with van der Waals surface area (Å²) in [6.07, 6.45) is -5.74. The summed E-state index contributed by atoms with van der Waals surface area (Å²) in [6.45, 7) is 6.92. The number of fused-ring (bicyclic) bond motifs is 1. The molecule has 0 amide bonds. The minimum atomic E-state index is -3.53. The molecule has 0 radical (unpaired) electrons. The van der Waals surface area contributed by atoms with Crippen LogP contribution in [0.15, 0.2) is 12.7 Å². The molecule has 0 aromatic carbocycles. The van der Waals surface area contributed by atoms with Gasteiger partial charge in [-0.2, -0.15) is 0 Å². The van der Waals surface area contributed by atoms with Crippen LogP contribution in [-0.2, 0) is 25.1 Å². The molecule has 0 aromatic rings. The van der Waals surface area contributed by atoms with Crippen molar-refractivity contribution in [3.8, 4) is 0 Å². The first-order valence-corrected chi connectivity index (χ1v) is 19.0. The Morgan fingerprint density at radius 1 is 0.829 bits per heavy atom. The molecule has 12 heteroatoms. The second kappa shape index (κ2) is 13.8. The van der Waals surface area contributed by atoms with E-state index < -0.39 is 87.2 Å². The van der Waals surface area contributed by atoms with E-state index in [2.05, 4.69) is 20.4 Å². The molecule has 3 aliphatic rings. The van der Waals surface area contributed by atoms with Gasteiger partial charge in [0.1, 0.15) is 0 Å². The average Bonchev–Trinajstić information content (AvgIpc) is 3.25. The number of unbranched alkanes of at least 4 members (excludes halogenated alkanes) is 2. The molecule has 0 unspecified atom stereocenters. The minimum absolute atomic E-state index is 0.0743. The van der Waals surface area contributed by atoms with Crippen LogP contribution in [0.3, 0.4) is 0 Å². The first-order valence-electron chi connectivity index (χ1n) is 12.6. The van der Waals surface area contributed by atoms with Crippen molar-refractivity contribution in [3.63, 3.8) is 0 Å². The van der Waals surface area contributed by atoms with E-state index in [0.29, 0.717) is 0 Å². The van der Waals surface area contributed by atoms with Gasteiger partial charge in [-0.25, -0.2) is 0 Å². The fourth-order valence-electron chi connectivity index (χ4n) is 4.88. The van der Waals surface area contributed by atoms with Crippen molar-refractivity contribution in [1.82, 2.24) is 0 Å². The van der Waals surface area contributed by atoms with E-state index >= 15 is 0 Å². The molecule has 0 saturated carbocycles. The Labute approximate surface area is 211 Å². The van der Waals surface area contributed by atoms with Crippen LogP contribution >= 0.6 is 0 Å². The Bertz CT molecular complexity index is 645. The number of aliphatic hydroxyl groups is 5. The molecule has 35 heavy (non-hydrogen) atoms. The summed E-state index contributed by atoms with van der Waals surface area (Å²) in [5.74, 6) is 0. The first kappa shape index (κ1) is 29.7. The molecule has 204 valence electrons. The Morgan fingerprint density at radius 2 is 1.43 bits per heavy atom. The van der Waals surface area contributed by atoms with Crippen molar-refractivity contribution in [2.24, 2.45) is 0 Å². The molecule has 10 atom stereocenters. The van der Waals surface area contributed by atoms with Gasteiger partial charge in [0.05, 0.1) is 0 Å². The van der Waals surface area contributed by atoms with Crippen molar-refractivity contribution in [2.45, 2.75) is 110 Å². The predicted octanol–water partition coefficient (Wildman–Crippen LogP) is -0.0823. The number of hydrogen-bond acceptors (Lipinski definition) is 11. The fraction of sp³-hybridized carbons (Fsp3) is 0.913. The number of ether oxygens (including phenoxy) is 4. The summed E-state index contributed by atoms with van der Waals surface area (Å²) in [5.41, 5.74) is 0. The fourth-order valence-corrected chi connectivity index (χ4v) is 16.6. The molecule has 0 aromatic heterocycles. The molecule has 11 nitrogen and oxygen atoms in total. The molecule has 3 heterocycles. The summed E-state index contributed by atoms with van der Waals surface area (Å²) in [7, 11) is 0. The summed E-state index contributed by atoms with van der Waals surface area (Å²) in [4.78, 5) is 0. The Balaban J connectivity index is 1.75. The molecule has 0 spiro atoms. The number of aliphatic hydroxyl groups excluding tert-OH is 5. The van der Waals surface area contributed by atoms with E-state index in [1.807, 2.05) is 0 Å². The van der Waals surface area contributed by atoms with Gasteiger partial charge in [-0.1, -0.05) is 0 Å². The Kier molecular flexibility index (Phi) is 11.7. The van der Waals surface area contributed by atoms with Crippen molar-refractivity contribution < 1.29 is 50.6 Å². The van der Waals surface area contributed by atoms with E-state index in [9.17, 15) is 25.5 Å². The maximum absolute atomic E-state index is 11.2. The molecular weight excluding hydrogens is 571 g/mol. The van der Waals surface area contributed by atoms with Gasteiger partial charge in [0.2, 0.25) is 0 Å². The monoisotopic (exact) mass is 614 g/mol. The quantitative estimate of drug-likeness (QED) is 0.140. The van der Waals surface area contributed by atoms with Gasteiger partial charge in [0.25, 0.3) is 0 Å². The molecular formula is C23H42O11Sn. The Morgan fingerprint density at radius 3 is 2.00 bits per heavy atom. The third kappa shape index (κ3) is 6.76. The molecule has 3 saturated heterocycles. The number of hydrogen-bond donors (Lipinski definition) is 5. The first-order chi connectivity index (χ1) is 16.8. The van der Waals surface area contributed by atoms with Crippen LogP contribution in [0.1, 0.15) is 39.5 Å². The van der Waals surface area contributed by atoms with Gasteiger partial charge in [-0.3, -0.25) is 0 Å². The van der Waals surface area contributed by atoms with Crippen LogP contribution in [-0.4, -0.2) is 126 Å². The summed E-state index contributed by atoms with van der Waals surface area (Å²) in [5, 5.41) is 52.2. The maximum atomic E-state index is 11.2. The topological polar surface area (TPSA) is 157 Å². The molecule has 0 aliphatic carbocycles. The molecule has 3 rings (SSSR count). The second-order valence-corrected chi connectivity index (χ2v) is 18.8. The molecule has 3 fully saturated rings. The van der Waals surface area contributed by atoms with Gasteiger partial charge in [-0.15, -0.1) is 6.58 Å². The van der Waals surface area contributed by atoms with Gasteiger partial charge in [-0.05, 0) is 0 Å². The normalized spacial score (nSPS) is 41.0. The summed E-state index contributed by atoms with van der Waals surface area (Å²) in [6, 6.07) is 0. The van der Waals surface area contributed by atoms with E-state index in [-0.39, 0.29) is 13.2 Å². The predicted molar refractivity (Wildman–Crippen MR) is 125 cm³/mol. The van der Waals surface area contributed by atoms with E-state index in [0.717, 1.165) is 34.6 Å². The van der Waals surface area contributed by atoms with Crippen molar-refractivity contribution in [3.05, 3.63) is 12.7 Å². The van der Waals surface area contributed by atoms with Gasteiger partial charge in [0, 0.05) is 0 Å². The van der Waals surface area contributed by atoms with Gasteiger partial charge < -0.3 is 0 Å². The number of rotatable bonds is 13. The zero-order chi connectivity index (χ0) is 25.6. The van der Waals surface area contributed by atoms with Gasteiger partial charge >= 0.3 is 206 Å². The summed E-state index contributed by atoms with van der Waals surface area (Å²) < 4.78 is 37.4. The van der Waals surface area contributed by atoms with Crippen molar-refractivity contribution >= 4 is 19.2 Å². The molecule has 0 bridgehead atoms. The SMILES string of the molecule is C=CCO[C@@H]1O[C@H](CO)[C@@H](O[C@@H]2O[C@H](CO)[C@@H]3[O][Sn]([CH2]CCC)([CH2]CCC)[O][C@@H]3[C@H]2O)[C@H](O)[C@H]1O. The average molecular weight is 613 g/mol. The zero-order valence-corrected chi connectivity index (χ0v) is 23.5. The molecule has 5 N–H and O–H groups in total. The Hall–Kier alpha value is 0.0987.